The highest BCUT2D eigenvalue weighted by atomic mass is 16.5. The monoisotopic (exact) mass is 384 g/mol. The fourth-order valence-corrected chi connectivity index (χ4v) is 5.28. The smallest absolute Gasteiger partial charge is 0.139 e. The van der Waals surface area contributed by atoms with Gasteiger partial charge in [0.05, 0.1) is 13.2 Å². The second-order valence-corrected chi connectivity index (χ2v) is 8.51. The van der Waals surface area contributed by atoms with E-state index < -0.39 is 0 Å². The predicted octanol–water partition coefficient (Wildman–Crippen LogP) is 3.51. The van der Waals surface area contributed by atoms with E-state index in [1.54, 1.807) is 0 Å². The van der Waals surface area contributed by atoms with E-state index in [0.29, 0.717) is 12.0 Å². The molecule has 2 saturated heterocycles. The van der Waals surface area contributed by atoms with Crippen LogP contribution in [-0.4, -0.2) is 66.5 Å². The van der Waals surface area contributed by atoms with Gasteiger partial charge in [-0.1, -0.05) is 0 Å². The van der Waals surface area contributed by atoms with Crippen LogP contribution in [0.2, 0.25) is 0 Å². The quantitative estimate of drug-likeness (QED) is 0.845. The molecule has 0 unspecified atom stereocenters. The van der Waals surface area contributed by atoms with E-state index in [1.807, 2.05) is 6.20 Å². The Labute approximate surface area is 167 Å². The van der Waals surface area contributed by atoms with E-state index in [0.717, 1.165) is 64.0 Å². The van der Waals surface area contributed by atoms with Crippen molar-refractivity contribution < 1.29 is 9.47 Å². The molecule has 3 aliphatic rings. The molecule has 3 fully saturated rings. The van der Waals surface area contributed by atoms with Gasteiger partial charge in [-0.05, 0) is 56.1 Å². The third kappa shape index (κ3) is 3.78. The number of pyridine rings is 1. The number of nitrogens with zero attached hydrogens (tertiary/aromatic N) is 2. The summed E-state index contributed by atoms with van der Waals surface area (Å²) in [4.78, 5) is 10.6. The van der Waals surface area contributed by atoms with Crippen molar-refractivity contribution in [2.45, 2.75) is 56.5 Å². The topological polar surface area (TPSA) is 62.4 Å². The van der Waals surface area contributed by atoms with Gasteiger partial charge < -0.3 is 19.8 Å². The molecule has 2 aliphatic heterocycles. The maximum atomic E-state index is 5.57. The molecule has 0 amide bonds. The SMILES string of the molecule is c1cc(NC2CCC(N3CCOCC3)CC2)c2c(C3CCOCC3)c[nH]c2n1. The van der Waals surface area contributed by atoms with Gasteiger partial charge >= 0.3 is 0 Å². The van der Waals surface area contributed by atoms with Crippen LogP contribution in [0.3, 0.4) is 0 Å². The molecule has 6 nitrogen and oxygen atoms in total. The third-order valence-corrected chi connectivity index (χ3v) is 6.88. The molecule has 2 aromatic rings. The van der Waals surface area contributed by atoms with E-state index in [2.05, 4.69) is 32.4 Å². The second kappa shape index (κ2) is 8.39. The maximum absolute atomic E-state index is 5.57. The van der Waals surface area contributed by atoms with Crippen molar-refractivity contribution in [1.82, 2.24) is 14.9 Å². The van der Waals surface area contributed by atoms with Crippen LogP contribution in [-0.2, 0) is 9.47 Å². The number of H-pyrrole nitrogens is 1. The van der Waals surface area contributed by atoms with Crippen LogP contribution in [0.5, 0.6) is 0 Å². The van der Waals surface area contributed by atoms with E-state index >= 15 is 0 Å². The first-order valence-corrected chi connectivity index (χ1v) is 11.0. The number of rotatable bonds is 4. The minimum absolute atomic E-state index is 0.556. The minimum Gasteiger partial charge on any atom is -0.382 e. The lowest BCUT2D eigenvalue weighted by Gasteiger charge is -2.39. The lowest BCUT2D eigenvalue weighted by molar-refractivity contribution is 0.00791. The molecule has 6 heteroatoms. The van der Waals surface area contributed by atoms with Crippen molar-refractivity contribution in [1.29, 1.82) is 0 Å². The number of anilines is 1. The zero-order chi connectivity index (χ0) is 18.8. The predicted molar refractivity (Wildman–Crippen MR) is 111 cm³/mol. The summed E-state index contributed by atoms with van der Waals surface area (Å²) in [7, 11) is 0. The van der Waals surface area contributed by atoms with Crippen molar-refractivity contribution >= 4 is 16.7 Å². The summed E-state index contributed by atoms with van der Waals surface area (Å²) in [6.45, 7) is 5.74. The molecule has 0 aromatic carbocycles. The number of fused-ring (bicyclic) bond motifs is 1. The lowest BCUT2D eigenvalue weighted by Crippen LogP contribution is -2.46. The normalized spacial score (nSPS) is 27.9. The molecule has 0 radical (unpaired) electrons. The van der Waals surface area contributed by atoms with Crippen molar-refractivity contribution in [3.8, 4) is 0 Å². The first-order chi connectivity index (χ1) is 13.9. The summed E-state index contributed by atoms with van der Waals surface area (Å²) in [5, 5.41) is 5.17. The van der Waals surface area contributed by atoms with Gasteiger partial charge in [0.2, 0.25) is 0 Å². The Hall–Kier alpha value is -1.63. The van der Waals surface area contributed by atoms with Crippen molar-refractivity contribution in [2.24, 2.45) is 0 Å². The molecule has 1 saturated carbocycles. The van der Waals surface area contributed by atoms with Crippen molar-refractivity contribution in [3.05, 3.63) is 24.0 Å². The highest BCUT2D eigenvalue weighted by Crippen LogP contribution is 2.36. The zero-order valence-electron chi connectivity index (χ0n) is 16.7. The van der Waals surface area contributed by atoms with Gasteiger partial charge in [-0.25, -0.2) is 4.98 Å². The zero-order valence-corrected chi connectivity index (χ0v) is 16.7. The molecule has 4 heterocycles. The molecule has 0 atom stereocenters. The van der Waals surface area contributed by atoms with Crippen molar-refractivity contribution in [2.75, 3.05) is 44.8 Å². The Bertz CT molecular complexity index is 772. The van der Waals surface area contributed by atoms with Crippen LogP contribution >= 0.6 is 0 Å². The first-order valence-electron chi connectivity index (χ1n) is 11.0. The number of nitrogens with one attached hydrogen (secondary N) is 2. The number of aromatic amines is 1. The van der Waals surface area contributed by atoms with E-state index in [-0.39, 0.29) is 0 Å². The van der Waals surface area contributed by atoms with E-state index in [9.17, 15) is 0 Å². The Balaban J connectivity index is 1.28. The van der Waals surface area contributed by atoms with Gasteiger partial charge in [0.25, 0.3) is 0 Å². The van der Waals surface area contributed by atoms with Gasteiger partial charge in [0, 0.05) is 61.9 Å². The number of hydrogen-bond acceptors (Lipinski definition) is 5. The summed E-state index contributed by atoms with van der Waals surface area (Å²) in [5.74, 6) is 0.573. The maximum Gasteiger partial charge on any atom is 0.139 e. The molecule has 1 aliphatic carbocycles. The van der Waals surface area contributed by atoms with Gasteiger partial charge in [-0.3, -0.25) is 4.90 Å². The van der Waals surface area contributed by atoms with Crippen LogP contribution in [0, 0.1) is 0 Å². The van der Waals surface area contributed by atoms with Crippen LogP contribution in [0.15, 0.2) is 18.5 Å². The fourth-order valence-electron chi connectivity index (χ4n) is 5.28. The molecule has 28 heavy (non-hydrogen) atoms. The van der Waals surface area contributed by atoms with E-state index in [4.69, 9.17) is 9.47 Å². The van der Waals surface area contributed by atoms with Crippen molar-refractivity contribution in [3.63, 3.8) is 0 Å². The fraction of sp³-hybridized carbons (Fsp3) is 0.682. The van der Waals surface area contributed by atoms with Gasteiger partial charge in [0.15, 0.2) is 0 Å². The summed E-state index contributed by atoms with van der Waals surface area (Å²) in [5.41, 5.74) is 3.67. The van der Waals surface area contributed by atoms with Crippen LogP contribution in [0.1, 0.15) is 50.0 Å². The van der Waals surface area contributed by atoms with Gasteiger partial charge in [-0.15, -0.1) is 0 Å². The largest absolute Gasteiger partial charge is 0.382 e. The molecule has 5 rings (SSSR count). The molecule has 2 aromatic heterocycles. The van der Waals surface area contributed by atoms with Gasteiger partial charge in [0.1, 0.15) is 5.65 Å². The highest BCUT2D eigenvalue weighted by Gasteiger charge is 2.28. The lowest BCUT2D eigenvalue weighted by atomic mass is 9.89. The molecule has 0 spiro atoms. The second-order valence-electron chi connectivity index (χ2n) is 8.51. The van der Waals surface area contributed by atoms with Crippen LogP contribution in [0.25, 0.3) is 11.0 Å². The number of ether oxygens (including phenoxy) is 2. The van der Waals surface area contributed by atoms with Crippen LogP contribution in [0.4, 0.5) is 5.69 Å². The van der Waals surface area contributed by atoms with Crippen LogP contribution < -0.4 is 5.32 Å². The third-order valence-electron chi connectivity index (χ3n) is 6.88. The molecule has 152 valence electrons. The molecule has 2 N–H and O–H groups in total. The minimum atomic E-state index is 0.556. The summed E-state index contributed by atoms with van der Waals surface area (Å²) >= 11 is 0. The Morgan fingerprint density at radius 1 is 0.964 bits per heavy atom. The standard InChI is InChI=1S/C22H32N4O2/c1-3-18(26-9-13-28-14-10-26)4-2-17(1)25-20-5-8-23-22-21(20)19(15-24-22)16-6-11-27-12-7-16/h5,8,15-18H,1-4,6-7,9-14H2,(H2,23,24,25). The molecular formula is C22H32N4O2. The Morgan fingerprint density at radius 3 is 2.50 bits per heavy atom. The number of aromatic nitrogens is 2. The molecule has 0 bridgehead atoms. The highest BCUT2D eigenvalue weighted by molar-refractivity contribution is 5.93. The Morgan fingerprint density at radius 2 is 1.71 bits per heavy atom. The summed E-state index contributed by atoms with van der Waals surface area (Å²) in [6.07, 6.45) is 11.4. The average molecular weight is 385 g/mol. The Kier molecular flexibility index (Phi) is 5.52. The first kappa shape index (κ1) is 18.4. The number of morpholine rings is 1. The number of hydrogen-bond donors (Lipinski definition) is 2. The molecular weight excluding hydrogens is 352 g/mol. The summed E-state index contributed by atoms with van der Waals surface area (Å²) < 4.78 is 11.1. The average Bonchev–Trinajstić information content (AvgIpc) is 3.21. The van der Waals surface area contributed by atoms with Gasteiger partial charge in [-0.2, -0.15) is 0 Å². The summed E-state index contributed by atoms with van der Waals surface area (Å²) in [6, 6.07) is 3.46. The van der Waals surface area contributed by atoms with E-state index in [1.165, 1.54) is 42.3 Å².